The van der Waals surface area contributed by atoms with Gasteiger partial charge in [0.2, 0.25) is 0 Å². The molecule has 2 aromatic heterocycles. The Morgan fingerprint density at radius 1 is 1.00 bits per heavy atom. The standard InChI is InChI=1S/C16H14ClNS2/c17-15-5-2-1-4-12(15)9-18-10-14-8-13(11-20-14)16-6-3-7-19-16/h1-8,11,18H,9-10H2. The number of hydrogen-bond donors (Lipinski definition) is 1. The van der Waals surface area contributed by atoms with Gasteiger partial charge in [0.1, 0.15) is 0 Å². The van der Waals surface area contributed by atoms with E-state index in [2.05, 4.69) is 40.3 Å². The first-order valence-corrected chi connectivity index (χ1v) is 8.52. The van der Waals surface area contributed by atoms with Gasteiger partial charge < -0.3 is 5.32 Å². The fourth-order valence-electron chi connectivity index (χ4n) is 2.01. The predicted octanol–water partition coefficient (Wildman–Crippen LogP) is 5.42. The first kappa shape index (κ1) is 13.8. The molecule has 0 atom stereocenters. The van der Waals surface area contributed by atoms with Crippen LogP contribution in [-0.4, -0.2) is 0 Å². The van der Waals surface area contributed by atoms with Gasteiger partial charge in [0.05, 0.1) is 0 Å². The molecule has 20 heavy (non-hydrogen) atoms. The molecule has 2 heterocycles. The van der Waals surface area contributed by atoms with Crippen LogP contribution >= 0.6 is 34.3 Å². The van der Waals surface area contributed by atoms with Crippen LogP contribution in [0.25, 0.3) is 10.4 Å². The highest BCUT2D eigenvalue weighted by molar-refractivity contribution is 7.14. The summed E-state index contributed by atoms with van der Waals surface area (Å²) in [6, 6.07) is 14.5. The summed E-state index contributed by atoms with van der Waals surface area (Å²) in [5.74, 6) is 0. The maximum absolute atomic E-state index is 6.14. The number of thiophene rings is 2. The molecule has 0 aliphatic rings. The van der Waals surface area contributed by atoms with Crippen LogP contribution in [0.1, 0.15) is 10.4 Å². The van der Waals surface area contributed by atoms with Crippen molar-refractivity contribution in [1.82, 2.24) is 5.32 Å². The van der Waals surface area contributed by atoms with E-state index in [1.54, 1.807) is 22.7 Å². The fourth-order valence-corrected chi connectivity index (χ4v) is 3.85. The summed E-state index contributed by atoms with van der Waals surface area (Å²) in [6.07, 6.45) is 0. The van der Waals surface area contributed by atoms with Crippen molar-refractivity contribution in [3.8, 4) is 10.4 Å². The molecule has 1 N–H and O–H groups in total. The molecule has 0 bridgehead atoms. The molecule has 3 aromatic rings. The van der Waals surface area contributed by atoms with E-state index in [9.17, 15) is 0 Å². The Hall–Kier alpha value is -1.13. The lowest BCUT2D eigenvalue weighted by Crippen LogP contribution is -2.11. The monoisotopic (exact) mass is 319 g/mol. The maximum Gasteiger partial charge on any atom is 0.0450 e. The van der Waals surface area contributed by atoms with Crippen molar-refractivity contribution >= 4 is 34.3 Å². The number of benzene rings is 1. The lowest BCUT2D eigenvalue weighted by molar-refractivity contribution is 0.701. The molecule has 102 valence electrons. The molecule has 0 spiro atoms. The second-order valence-corrected chi connectivity index (χ2v) is 6.82. The summed E-state index contributed by atoms with van der Waals surface area (Å²) in [4.78, 5) is 2.68. The van der Waals surface area contributed by atoms with Crippen LogP contribution in [0.15, 0.2) is 53.2 Å². The van der Waals surface area contributed by atoms with Gasteiger partial charge in [-0.2, -0.15) is 0 Å². The van der Waals surface area contributed by atoms with Crippen LogP contribution in [0.3, 0.4) is 0 Å². The van der Waals surface area contributed by atoms with E-state index >= 15 is 0 Å². The van der Waals surface area contributed by atoms with Gasteiger partial charge in [0.25, 0.3) is 0 Å². The van der Waals surface area contributed by atoms with Crippen molar-refractivity contribution in [3.63, 3.8) is 0 Å². The van der Waals surface area contributed by atoms with E-state index in [-0.39, 0.29) is 0 Å². The average Bonchev–Trinajstić information content (AvgIpc) is 3.11. The average molecular weight is 320 g/mol. The van der Waals surface area contributed by atoms with Crippen molar-refractivity contribution in [3.05, 3.63) is 68.7 Å². The Morgan fingerprint density at radius 3 is 2.70 bits per heavy atom. The number of rotatable bonds is 5. The van der Waals surface area contributed by atoms with Crippen molar-refractivity contribution in [2.24, 2.45) is 0 Å². The minimum absolute atomic E-state index is 0.798. The molecule has 0 saturated carbocycles. The summed E-state index contributed by atoms with van der Waals surface area (Å²) in [7, 11) is 0. The Morgan fingerprint density at radius 2 is 1.90 bits per heavy atom. The van der Waals surface area contributed by atoms with Gasteiger partial charge in [-0.05, 0) is 34.5 Å². The van der Waals surface area contributed by atoms with Crippen molar-refractivity contribution in [1.29, 1.82) is 0 Å². The maximum atomic E-state index is 6.14. The molecule has 0 amide bonds. The molecule has 3 rings (SSSR count). The molecular weight excluding hydrogens is 306 g/mol. The second kappa shape index (κ2) is 6.55. The fraction of sp³-hybridized carbons (Fsp3) is 0.125. The van der Waals surface area contributed by atoms with Gasteiger partial charge >= 0.3 is 0 Å². The number of hydrogen-bond acceptors (Lipinski definition) is 3. The first-order valence-electron chi connectivity index (χ1n) is 6.38. The third kappa shape index (κ3) is 3.30. The Labute approximate surface area is 131 Å². The van der Waals surface area contributed by atoms with E-state index in [1.165, 1.54) is 15.3 Å². The van der Waals surface area contributed by atoms with Gasteiger partial charge in [-0.1, -0.05) is 35.9 Å². The third-order valence-corrected chi connectivity index (χ3v) is 5.26. The van der Waals surface area contributed by atoms with Gasteiger partial charge in [-0.3, -0.25) is 0 Å². The van der Waals surface area contributed by atoms with Gasteiger partial charge in [-0.15, -0.1) is 22.7 Å². The highest BCUT2D eigenvalue weighted by Gasteiger charge is 2.04. The summed E-state index contributed by atoms with van der Waals surface area (Å²) in [6.45, 7) is 1.67. The van der Waals surface area contributed by atoms with Gasteiger partial charge in [0.15, 0.2) is 0 Å². The zero-order chi connectivity index (χ0) is 13.8. The second-order valence-electron chi connectivity index (χ2n) is 4.47. The van der Waals surface area contributed by atoms with E-state index in [4.69, 9.17) is 11.6 Å². The van der Waals surface area contributed by atoms with Crippen LogP contribution < -0.4 is 5.32 Å². The smallest absolute Gasteiger partial charge is 0.0450 e. The largest absolute Gasteiger partial charge is 0.308 e. The van der Waals surface area contributed by atoms with Gasteiger partial charge in [0, 0.05) is 33.4 Å². The topological polar surface area (TPSA) is 12.0 Å². The van der Waals surface area contributed by atoms with Crippen LogP contribution in [0.4, 0.5) is 0 Å². The summed E-state index contributed by atoms with van der Waals surface area (Å²) < 4.78 is 0. The molecule has 0 fully saturated rings. The minimum Gasteiger partial charge on any atom is -0.308 e. The quantitative estimate of drug-likeness (QED) is 0.662. The molecule has 4 heteroatoms. The molecule has 0 unspecified atom stereocenters. The van der Waals surface area contributed by atoms with E-state index < -0.39 is 0 Å². The van der Waals surface area contributed by atoms with E-state index in [1.807, 2.05) is 18.2 Å². The number of nitrogens with one attached hydrogen (secondary N) is 1. The van der Waals surface area contributed by atoms with Crippen LogP contribution in [0.2, 0.25) is 5.02 Å². The molecular formula is C16H14ClNS2. The van der Waals surface area contributed by atoms with Gasteiger partial charge in [-0.25, -0.2) is 0 Å². The molecule has 0 aliphatic carbocycles. The zero-order valence-electron chi connectivity index (χ0n) is 10.8. The summed E-state index contributed by atoms with van der Waals surface area (Å²) in [5.41, 5.74) is 2.46. The Bertz CT molecular complexity index is 673. The highest BCUT2D eigenvalue weighted by atomic mass is 35.5. The minimum atomic E-state index is 0.798. The van der Waals surface area contributed by atoms with Crippen LogP contribution in [-0.2, 0) is 13.1 Å². The SMILES string of the molecule is Clc1ccccc1CNCc1cc(-c2cccs2)cs1. The first-order chi connectivity index (χ1) is 9.83. The molecule has 0 aliphatic heterocycles. The van der Waals surface area contributed by atoms with Crippen molar-refractivity contribution < 1.29 is 0 Å². The highest BCUT2D eigenvalue weighted by Crippen LogP contribution is 2.29. The molecule has 1 aromatic carbocycles. The molecule has 0 saturated heterocycles. The lowest BCUT2D eigenvalue weighted by Gasteiger charge is -2.05. The normalized spacial score (nSPS) is 10.8. The van der Waals surface area contributed by atoms with Crippen LogP contribution in [0, 0.1) is 0 Å². The Kier molecular flexibility index (Phi) is 4.53. The van der Waals surface area contributed by atoms with Crippen molar-refractivity contribution in [2.75, 3.05) is 0 Å². The van der Waals surface area contributed by atoms with Crippen molar-refractivity contribution in [2.45, 2.75) is 13.1 Å². The zero-order valence-corrected chi connectivity index (χ0v) is 13.2. The molecule has 1 nitrogen and oxygen atoms in total. The Balaban J connectivity index is 1.58. The van der Waals surface area contributed by atoms with Crippen LogP contribution in [0.5, 0.6) is 0 Å². The summed E-state index contributed by atoms with van der Waals surface area (Å²) in [5, 5.41) is 8.61. The third-order valence-electron chi connectivity index (χ3n) is 3.03. The number of halogens is 1. The van der Waals surface area contributed by atoms with E-state index in [0.29, 0.717) is 0 Å². The predicted molar refractivity (Wildman–Crippen MR) is 89.6 cm³/mol. The van der Waals surface area contributed by atoms with E-state index in [0.717, 1.165) is 23.7 Å². The summed E-state index contributed by atoms with van der Waals surface area (Å²) >= 11 is 9.72. The molecule has 0 radical (unpaired) electrons. The lowest BCUT2D eigenvalue weighted by atomic mass is 10.2.